The fourth-order valence-electron chi connectivity index (χ4n) is 3.37. The Bertz CT molecular complexity index is 955. The highest BCUT2D eigenvalue weighted by molar-refractivity contribution is 5.92. The van der Waals surface area contributed by atoms with Gasteiger partial charge in [0.2, 0.25) is 0 Å². The Kier molecular flexibility index (Phi) is 5.37. The summed E-state index contributed by atoms with van der Waals surface area (Å²) in [6.07, 6.45) is 3.15. The number of carbonyl (C=O) groups excluding carboxylic acids is 1. The summed E-state index contributed by atoms with van der Waals surface area (Å²) >= 11 is 0. The second-order valence-corrected chi connectivity index (χ2v) is 6.91. The van der Waals surface area contributed by atoms with Gasteiger partial charge in [0.05, 0.1) is 12.4 Å². The molecule has 148 valence electrons. The van der Waals surface area contributed by atoms with E-state index in [4.69, 9.17) is 0 Å². The van der Waals surface area contributed by atoms with Crippen LogP contribution in [-0.2, 0) is 0 Å². The molecule has 29 heavy (non-hydrogen) atoms. The van der Waals surface area contributed by atoms with Crippen molar-refractivity contribution in [1.29, 1.82) is 0 Å². The van der Waals surface area contributed by atoms with E-state index in [0.717, 1.165) is 11.4 Å². The molecule has 1 amide bonds. The Balaban J connectivity index is 1.38. The third-order valence-electron chi connectivity index (χ3n) is 5.10. The molecule has 1 saturated heterocycles. The maximum absolute atomic E-state index is 13.1. The van der Waals surface area contributed by atoms with Gasteiger partial charge in [-0.25, -0.2) is 14.4 Å². The van der Waals surface area contributed by atoms with Gasteiger partial charge in [-0.3, -0.25) is 4.79 Å². The number of benzene rings is 2. The number of nitrogens with zero attached hydrogens (tertiary/aromatic N) is 5. The summed E-state index contributed by atoms with van der Waals surface area (Å²) in [5, 5.41) is 0. The van der Waals surface area contributed by atoms with Crippen LogP contribution in [0.5, 0.6) is 0 Å². The minimum absolute atomic E-state index is 0.120. The van der Waals surface area contributed by atoms with Crippen LogP contribution < -0.4 is 9.80 Å². The van der Waals surface area contributed by atoms with Gasteiger partial charge < -0.3 is 14.7 Å². The number of hydrogen-bond donors (Lipinski definition) is 0. The van der Waals surface area contributed by atoms with Crippen LogP contribution in [0.3, 0.4) is 0 Å². The van der Waals surface area contributed by atoms with Crippen molar-refractivity contribution in [2.24, 2.45) is 0 Å². The van der Waals surface area contributed by atoms with Crippen molar-refractivity contribution < 1.29 is 9.18 Å². The van der Waals surface area contributed by atoms with Gasteiger partial charge >= 0.3 is 0 Å². The van der Waals surface area contributed by atoms with Gasteiger partial charge in [0.25, 0.3) is 5.91 Å². The lowest BCUT2D eigenvalue weighted by Gasteiger charge is -2.36. The van der Waals surface area contributed by atoms with Crippen molar-refractivity contribution in [3.8, 4) is 0 Å². The van der Waals surface area contributed by atoms with Crippen molar-refractivity contribution in [3.05, 3.63) is 78.5 Å². The van der Waals surface area contributed by atoms with Gasteiger partial charge in [0.1, 0.15) is 11.5 Å². The normalized spacial score (nSPS) is 14.0. The summed E-state index contributed by atoms with van der Waals surface area (Å²) in [7, 11) is 1.91. The summed E-state index contributed by atoms with van der Waals surface area (Å²) < 4.78 is 13.1. The molecule has 1 aliphatic heterocycles. The standard InChI is InChI=1S/C22H22FN5O/c1-26(18-5-3-2-4-6-18)21-16-24-20(15-25-21)22(29)28-13-11-27(12-14-28)19-9-7-17(23)8-10-19/h2-10,15-16H,11-14H2,1H3. The quantitative estimate of drug-likeness (QED) is 0.683. The molecule has 1 fully saturated rings. The van der Waals surface area contributed by atoms with Crippen LogP contribution >= 0.6 is 0 Å². The minimum atomic E-state index is -0.248. The molecule has 0 atom stereocenters. The highest BCUT2D eigenvalue weighted by Crippen LogP contribution is 2.21. The number of halogens is 1. The van der Waals surface area contributed by atoms with Crippen molar-refractivity contribution in [3.63, 3.8) is 0 Å². The van der Waals surface area contributed by atoms with Gasteiger partial charge in [0.15, 0.2) is 5.82 Å². The second kappa shape index (κ2) is 8.26. The smallest absolute Gasteiger partial charge is 0.274 e. The van der Waals surface area contributed by atoms with Gasteiger partial charge in [-0.05, 0) is 36.4 Å². The number of para-hydroxylation sites is 1. The molecule has 0 aliphatic carbocycles. The van der Waals surface area contributed by atoms with Gasteiger partial charge in [-0.15, -0.1) is 0 Å². The Hall–Kier alpha value is -3.48. The van der Waals surface area contributed by atoms with Crippen LogP contribution in [0.2, 0.25) is 0 Å². The van der Waals surface area contributed by atoms with E-state index >= 15 is 0 Å². The zero-order chi connectivity index (χ0) is 20.2. The molecular weight excluding hydrogens is 369 g/mol. The average Bonchev–Trinajstić information content (AvgIpc) is 2.79. The van der Waals surface area contributed by atoms with Crippen LogP contribution in [0.15, 0.2) is 67.0 Å². The van der Waals surface area contributed by atoms with E-state index in [9.17, 15) is 9.18 Å². The van der Waals surface area contributed by atoms with E-state index in [1.807, 2.05) is 42.3 Å². The maximum Gasteiger partial charge on any atom is 0.274 e. The SMILES string of the molecule is CN(c1ccccc1)c1cnc(C(=O)N2CCN(c3ccc(F)cc3)CC2)cn1. The van der Waals surface area contributed by atoms with E-state index in [0.29, 0.717) is 37.7 Å². The Morgan fingerprint density at radius 3 is 2.24 bits per heavy atom. The molecule has 0 bridgehead atoms. The molecule has 0 N–H and O–H groups in total. The largest absolute Gasteiger partial charge is 0.368 e. The third kappa shape index (κ3) is 4.18. The lowest BCUT2D eigenvalue weighted by Crippen LogP contribution is -2.49. The molecule has 1 aliphatic rings. The molecule has 0 radical (unpaired) electrons. The van der Waals surface area contributed by atoms with E-state index in [1.54, 1.807) is 23.2 Å². The highest BCUT2D eigenvalue weighted by atomic mass is 19.1. The topological polar surface area (TPSA) is 52.6 Å². The van der Waals surface area contributed by atoms with E-state index in [1.165, 1.54) is 18.3 Å². The molecule has 7 heteroatoms. The number of anilines is 3. The number of piperazine rings is 1. The monoisotopic (exact) mass is 391 g/mol. The predicted octanol–water partition coefficient (Wildman–Crippen LogP) is 3.35. The van der Waals surface area contributed by atoms with Crippen LogP contribution in [0.25, 0.3) is 0 Å². The number of rotatable bonds is 4. The van der Waals surface area contributed by atoms with E-state index in [2.05, 4.69) is 14.9 Å². The van der Waals surface area contributed by atoms with Crippen LogP contribution in [0, 0.1) is 5.82 Å². The molecule has 1 aromatic heterocycles. The van der Waals surface area contributed by atoms with Gasteiger partial charge in [-0.2, -0.15) is 0 Å². The number of hydrogen-bond acceptors (Lipinski definition) is 5. The first kappa shape index (κ1) is 18.9. The molecule has 3 aromatic rings. The third-order valence-corrected chi connectivity index (χ3v) is 5.10. The molecule has 0 unspecified atom stereocenters. The fourth-order valence-corrected chi connectivity index (χ4v) is 3.37. The molecule has 0 spiro atoms. The van der Waals surface area contributed by atoms with E-state index in [-0.39, 0.29) is 11.7 Å². The minimum Gasteiger partial charge on any atom is -0.368 e. The van der Waals surface area contributed by atoms with Crippen molar-refractivity contribution in [2.75, 3.05) is 43.0 Å². The highest BCUT2D eigenvalue weighted by Gasteiger charge is 2.23. The number of aromatic nitrogens is 2. The second-order valence-electron chi connectivity index (χ2n) is 6.91. The first-order valence-electron chi connectivity index (χ1n) is 9.52. The van der Waals surface area contributed by atoms with E-state index < -0.39 is 0 Å². The van der Waals surface area contributed by atoms with Crippen molar-refractivity contribution >= 4 is 23.1 Å². The Morgan fingerprint density at radius 2 is 1.62 bits per heavy atom. The summed E-state index contributed by atoms with van der Waals surface area (Å²) in [5.41, 5.74) is 2.30. The number of amides is 1. The zero-order valence-electron chi connectivity index (χ0n) is 16.2. The lowest BCUT2D eigenvalue weighted by atomic mass is 10.2. The first-order valence-corrected chi connectivity index (χ1v) is 9.52. The van der Waals surface area contributed by atoms with Crippen LogP contribution in [0.1, 0.15) is 10.5 Å². The average molecular weight is 391 g/mol. The van der Waals surface area contributed by atoms with Crippen molar-refractivity contribution in [2.45, 2.75) is 0 Å². The first-order chi connectivity index (χ1) is 14.1. The van der Waals surface area contributed by atoms with Gasteiger partial charge in [0, 0.05) is 44.6 Å². The molecule has 2 aromatic carbocycles. The lowest BCUT2D eigenvalue weighted by molar-refractivity contribution is 0.0740. The summed E-state index contributed by atoms with van der Waals surface area (Å²) in [6, 6.07) is 16.3. The number of carbonyl (C=O) groups is 1. The van der Waals surface area contributed by atoms with Crippen molar-refractivity contribution in [1.82, 2.24) is 14.9 Å². The molecule has 4 rings (SSSR count). The Labute approximate surface area is 169 Å². The molecule has 2 heterocycles. The van der Waals surface area contributed by atoms with Gasteiger partial charge in [-0.1, -0.05) is 18.2 Å². The fraction of sp³-hybridized carbons (Fsp3) is 0.227. The summed E-state index contributed by atoms with van der Waals surface area (Å²) in [6.45, 7) is 2.56. The zero-order valence-corrected chi connectivity index (χ0v) is 16.2. The van der Waals surface area contributed by atoms with Crippen LogP contribution in [-0.4, -0.2) is 54.0 Å². The maximum atomic E-state index is 13.1. The summed E-state index contributed by atoms with van der Waals surface area (Å²) in [5.74, 6) is 0.307. The predicted molar refractivity (Wildman–Crippen MR) is 111 cm³/mol. The summed E-state index contributed by atoms with van der Waals surface area (Å²) in [4.78, 5) is 27.4. The molecular formula is C22H22FN5O. The molecule has 6 nitrogen and oxygen atoms in total. The molecule has 0 saturated carbocycles. The Morgan fingerprint density at radius 1 is 0.931 bits per heavy atom. The van der Waals surface area contributed by atoms with Crippen LogP contribution in [0.4, 0.5) is 21.6 Å².